The summed E-state index contributed by atoms with van der Waals surface area (Å²) in [4.78, 5) is 2.68. The van der Waals surface area contributed by atoms with E-state index in [9.17, 15) is 0 Å². The molecule has 3 aliphatic rings. The molecule has 3 heteroatoms. The Balaban J connectivity index is 1.58. The predicted molar refractivity (Wildman–Crippen MR) is 64.3 cm³/mol. The van der Waals surface area contributed by atoms with Crippen molar-refractivity contribution in [3.8, 4) is 0 Å². The lowest BCUT2D eigenvalue weighted by molar-refractivity contribution is -0.147. The summed E-state index contributed by atoms with van der Waals surface area (Å²) in [5, 5.41) is 0. The highest BCUT2D eigenvalue weighted by Gasteiger charge is 2.44. The van der Waals surface area contributed by atoms with Crippen LogP contribution < -0.4 is 5.73 Å². The van der Waals surface area contributed by atoms with E-state index in [2.05, 4.69) is 4.90 Å². The van der Waals surface area contributed by atoms with E-state index in [1.165, 1.54) is 51.6 Å². The van der Waals surface area contributed by atoms with E-state index in [-0.39, 0.29) is 0 Å². The van der Waals surface area contributed by atoms with Crippen LogP contribution in [-0.4, -0.2) is 42.8 Å². The fourth-order valence-corrected chi connectivity index (χ4v) is 3.62. The maximum absolute atomic E-state index is 5.99. The zero-order chi connectivity index (χ0) is 11.0. The summed E-state index contributed by atoms with van der Waals surface area (Å²) in [6.45, 7) is 4.35. The molecule has 1 saturated carbocycles. The molecular weight excluding hydrogens is 200 g/mol. The maximum atomic E-state index is 5.99. The second-order valence-electron chi connectivity index (χ2n) is 5.92. The van der Waals surface area contributed by atoms with Crippen molar-refractivity contribution in [3.05, 3.63) is 0 Å². The van der Waals surface area contributed by atoms with Crippen LogP contribution in [-0.2, 0) is 4.74 Å². The molecule has 3 nitrogen and oxygen atoms in total. The molecule has 0 aromatic rings. The van der Waals surface area contributed by atoms with Crippen LogP contribution in [0.5, 0.6) is 0 Å². The van der Waals surface area contributed by atoms with Gasteiger partial charge in [0.1, 0.15) is 0 Å². The quantitative estimate of drug-likeness (QED) is 0.770. The van der Waals surface area contributed by atoms with Gasteiger partial charge in [-0.05, 0) is 57.5 Å². The van der Waals surface area contributed by atoms with Gasteiger partial charge < -0.3 is 10.5 Å². The van der Waals surface area contributed by atoms with Crippen LogP contribution in [0, 0.1) is 5.92 Å². The first-order chi connectivity index (χ1) is 7.81. The molecule has 2 aliphatic heterocycles. The second-order valence-corrected chi connectivity index (χ2v) is 5.92. The number of rotatable bonds is 2. The Hall–Kier alpha value is -0.120. The number of nitrogens with zero attached hydrogens (tertiary/aromatic N) is 1. The van der Waals surface area contributed by atoms with Crippen molar-refractivity contribution < 1.29 is 4.74 Å². The summed E-state index contributed by atoms with van der Waals surface area (Å²) in [5.74, 6) is 0.750. The van der Waals surface area contributed by atoms with Crippen molar-refractivity contribution in [1.82, 2.24) is 4.90 Å². The summed E-state index contributed by atoms with van der Waals surface area (Å²) in [6, 6.07) is 0.783. The van der Waals surface area contributed by atoms with Gasteiger partial charge >= 0.3 is 0 Å². The molecule has 2 saturated heterocycles. The average Bonchev–Trinajstić information content (AvgIpc) is 2.76. The van der Waals surface area contributed by atoms with E-state index in [0.717, 1.165) is 25.1 Å². The fourth-order valence-electron chi connectivity index (χ4n) is 3.62. The summed E-state index contributed by atoms with van der Waals surface area (Å²) in [5.41, 5.74) is 6.06. The normalized spacial score (nSPS) is 38.8. The minimum absolute atomic E-state index is 0.295. The SMILES string of the molecule is NCC1CCN(C2CCOC3(CCC3)C2)C1. The zero-order valence-corrected chi connectivity index (χ0v) is 10.2. The number of hydrogen-bond donors (Lipinski definition) is 1. The molecule has 2 N–H and O–H groups in total. The van der Waals surface area contributed by atoms with Gasteiger partial charge in [-0.15, -0.1) is 0 Å². The third-order valence-electron chi connectivity index (χ3n) is 4.90. The molecule has 1 spiro atoms. The van der Waals surface area contributed by atoms with Crippen LogP contribution in [0.25, 0.3) is 0 Å². The molecule has 1 aliphatic carbocycles. The predicted octanol–water partition coefficient (Wildman–Crippen LogP) is 1.37. The number of ether oxygens (including phenoxy) is 1. The van der Waals surface area contributed by atoms with E-state index in [4.69, 9.17) is 10.5 Å². The lowest BCUT2D eigenvalue weighted by Crippen LogP contribution is -2.51. The van der Waals surface area contributed by atoms with Crippen molar-refractivity contribution >= 4 is 0 Å². The molecule has 0 bridgehead atoms. The van der Waals surface area contributed by atoms with Crippen molar-refractivity contribution in [2.75, 3.05) is 26.2 Å². The number of nitrogens with two attached hydrogens (primary N) is 1. The highest BCUT2D eigenvalue weighted by molar-refractivity contribution is 4.97. The standard InChI is InChI=1S/C13H24N2O/c14-9-11-2-6-15(10-11)12-3-7-16-13(8-12)4-1-5-13/h11-12H,1-10,14H2. The van der Waals surface area contributed by atoms with Gasteiger partial charge in [0.15, 0.2) is 0 Å². The van der Waals surface area contributed by atoms with Crippen molar-refractivity contribution in [2.45, 2.75) is 50.2 Å². The van der Waals surface area contributed by atoms with Crippen LogP contribution in [0.3, 0.4) is 0 Å². The Kier molecular flexibility index (Phi) is 2.94. The molecule has 2 unspecified atom stereocenters. The molecule has 3 fully saturated rings. The van der Waals surface area contributed by atoms with Crippen LogP contribution >= 0.6 is 0 Å². The molecule has 0 radical (unpaired) electrons. The first kappa shape index (κ1) is 11.0. The zero-order valence-electron chi connectivity index (χ0n) is 10.2. The van der Waals surface area contributed by atoms with Crippen molar-refractivity contribution in [2.24, 2.45) is 11.7 Å². The molecule has 92 valence electrons. The monoisotopic (exact) mass is 224 g/mol. The lowest BCUT2D eigenvalue weighted by atomic mass is 9.73. The molecule has 3 rings (SSSR count). The Morgan fingerprint density at radius 1 is 1.31 bits per heavy atom. The van der Waals surface area contributed by atoms with Crippen LogP contribution in [0.1, 0.15) is 38.5 Å². The van der Waals surface area contributed by atoms with Crippen molar-refractivity contribution in [1.29, 1.82) is 0 Å². The molecule has 16 heavy (non-hydrogen) atoms. The molecule has 0 aromatic heterocycles. The molecular formula is C13H24N2O. The minimum atomic E-state index is 0.295. The smallest absolute Gasteiger partial charge is 0.0697 e. The second kappa shape index (κ2) is 4.28. The van der Waals surface area contributed by atoms with Gasteiger partial charge in [0.25, 0.3) is 0 Å². The van der Waals surface area contributed by atoms with E-state index >= 15 is 0 Å². The summed E-state index contributed by atoms with van der Waals surface area (Å²) < 4.78 is 5.99. The van der Waals surface area contributed by atoms with E-state index in [0.29, 0.717) is 5.60 Å². The summed E-state index contributed by atoms with van der Waals surface area (Å²) in [7, 11) is 0. The Morgan fingerprint density at radius 2 is 2.19 bits per heavy atom. The molecule has 2 heterocycles. The van der Waals surface area contributed by atoms with E-state index in [1.807, 2.05) is 0 Å². The lowest BCUT2D eigenvalue weighted by Gasteiger charge is -2.49. The Bertz CT molecular complexity index is 252. The topological polar surface area (TPSA) is 38.5 Å². The van der Waals surface area contributed by atoms with E-state index < -0.39 is 0 Å². The Morgan fingerprint density at radius 3 is 2.81 bits per heavy atom. The maximum Gasteiger partial charge on any atom is 0.0697 e. The average molecular weight is 224 g/mol. The highest BCUT2D eigenvalue weighted by atomic mass is 16.5. The van der Waals surface area contributed by atoms with Gasteiger partial charge in [0, 0.05) is 19.2 Å². The largest absolute Gasteiger partial charge is 0.375 e. The summed E-state index contributed by atoms with van der Waals surface area (Å²) >= 11 is 0. The van der Waals surface area contributed by atoms with Gasteiger partial charge in [0.05, 0.1) is 5.60 Å². The van der Waals surface area contributed by atoms with Crippen molar-refractivity contribution in [3.63, 3.8) is 0 Å². The van der Waals surface area contributed by atoms with Crippen LogP contribution in [0.15, 0.2) is 0 Å². The van der Waals surface area contributed by atoms with Gasteiger partial charge in [0.2, 0.25) is 0 Å². The first-order valence-corrected chi connectivity index (χ1v) is 6.89. The first-order valence-electron chi connectivity index (χ1n) is 6.89. The highest BCUT2D eigenvalue weighted by Crippen LogP contribution is 2.43. The molecule has 0 aromatic carbocycles. The number of hydrogen-bond acceptors (Lipinski definition) is 3. The van der Waals surface area contributed by atoms with Gasteiger partial charge in [-0.25, -0.2) is 0 Å². The number of likely N-dealkylation sites (tertiary alicyclic amines) is 1. The van der Waals surface area contributed by atoms with Gasteiger partial charge in [-0.3, -0.25) is 4.90 Å². The van der Waals surface area contributed by atoms with Crippen LogP contribution in [0.2, 0.25) is 0 Å². The minimum Gasteiger partial charge on any atom is -0.375 e. The van der Waals surface area contributed by atoms with E-state index in [1.54, 1.807) is 0 Å². The third-order valence-corrected chi connectivity index (χ3v) is 4.90. The summed E-state index contributed by atoms with van der Waals surface area (Å²) in [6.07, 6.45) is 7.80. The van der Waals surface area contributed by atoms with Crippen LogP contribution in [0.4, 0.5) is 0 Å². The Labute approximate surface area is 98.3 Å². The molecule has 0 amide bonds. The van der Waals surface area contributed by atoms with Gasteiger partial charge in [-0.1, -0.05) is 0 Å². The fraction of sp³-hybridized carbons (Fsp3) is 1.00. The molecule has 2 atom stereocenters. The van der Waals surface area contributed by atoms with Gasteiger partial charge in [-0.2, -0.15) is 0 Å². The third kappa shape index (κ3) is 1.89.